The van der Waals surface area contributed by atoms with E-state index in [4.69, 9.17) is 20.9 Å². The number of aryl methyl sites for hydroxylation is 2. The summed E-state index contributed by atoms with van der Waals surface area (Å²) in [6, 6.07) is 2.25. The number of fused-ring (bicyclic) bond motifs is 1. The minimum atomic E-state index is 0.0882. The Bertz CT molecular complexity index is 501. The summed E-state index contributed by atoms with van der Waals surface area (Å²) in [6.07, 6.45) is 3.21. The molecule has 0 bridgehead atoms. The van der Waals surface area contributed by atoms with Gasteiger partial charge in [-0.3, -0.25) is 5.41 Å². The van der Waals surface area contributed by atoms with E-state index >= 15 is 0 Å². The highest BCUT2D eigenvalue weighted by Gasteiger charge is 2.23. The molecule has 0 amide bonds. The number of pyridine rings is 1. The van der Waals surface area contributed by atoms with Crippen LogP contribution in [0.1, 0.15) is 37.1 Å². The number of hydrogen-bond donors (Lipinski definition) is 2. The second kappa shape index (κ2) is 6.22. The molecule has 20 heavy (non-hydrogen) atoms. The second-order valence-electron chi connectivity index (χ2n) is 5.32. The van der Waals surface area contributed by atoms with Crippen LogP contribution in [0, 0.1) is 5.41 Å². The van der Waals surface area contributed by atoms with E-state index in [1.165, 1.54) is 5.56 Å². The van der Waals surface area contributed by atoms with Gasteiger partial charge in [0.15, 0.2) is 0 Å². The first-order chi connectivity index (χ1) is 9.58. The van der Waals surface area contributed by atoms with Crippen LogP contribution in [0.25, 0.3) is 0 Å². The standard InChI is InChI=1S/C15H24N4O/c1-4-19(10(2)9-20-3)15-12(14(16)17)8-11-6-5-7-13(11)18-15/h8,10H,4-7,9H2,1-3H3,(H3,16,17). The van der Waals surface area contributed by atoms with Crippen molar-refractivity contribution >= 4 is 11.7 Å². The molecule has 1 unspecified atom stereocenters. The lowest BCUT2D eigenvalue weighted by Gasteiger charge is -2.30. The molecule has 1 aromatic heterocycles. The quantitative estimate of drug-likeness (QED) is 0.613. The van der Waals surface area contributed by atoms with Crippen LogP contribution in [-0.2, 0) is 17.6 Å². The van der Waals surface area contributed by atoms with Gasteiger partial charge in [0.1, 0.15) is 11.7 Å². The summed E-state index contributed by atoms with van der Waals surface area (Å²) in [5, 5.41) is 7.83. The third-order valence-electron chi connectivity index (χ3n) is 3.87. The van der Waals surface area contributed by atoms with E-state index in [0.29, 0.717) is 6.61 Å². The van der Waals surface area contributed by atoms with Crippen LogP contribution in [0.4, 0.5) is 5.82 Å². The average Bonchev–Trinajstić information content (AvgIpc) is 2.86. The molecule has 5 nitrogen and oxygen atoms in total. The molecule has 0 aromatic carbocycles. The van der Waals surface area contributed by atoms with Gasteiger partial charge in [-0.25, -0.2) is 4.98 Å². The fraction of sp³-hybridized carbons (Fsp3) is 0.600. The minimum absolute atomic E-state index is 0.0882. The highest BCUT2D eigenvalue weighted by molar-refractivity contribution is 6.00. The van der Waals surface area contributed by atoms with Crippen molar-refractivity contribution in [1.82, 2.24) is 4.98 Å². The molecule has 1 aliphatic carbocycles. The Morgan fingerprint density at radius 2 is 2.30 bits per heavy atom. The molecular formula is C15H24N4O. The normalized spacial score (nSPS) is 14.9. The molecule has 0 spiro atoms. The van der Waals surface area contributed by atoms with Crippen molar-refractivity contribution in [2.24, 2.45) is 5.73 Å². The van der Waals surface area contributed by atoms with Crippen LogP contribution < -0.4 is 10.6 Å². The van der Waals surface area contributed by atoms with E-state index in [0.717, 1.165) is 42.9 Å². The Hall–Kier alpha value is -1.62. The Balaban J connectivity index is 2.44. The third-order valence-corrected chi connectivity index (χ3v) is 3.87. The highest BCUT2D eigenvalue weighted by Crippen LogP contribution is 2.28. The van der Waals surface area contributed by atoms with Gasteiger partial charge in [-0.1, -0.05) is 0 Å². The molecule has 0 fully saturated rings. The lowest BCUT2D eigenvalue weighted by molar-refractivity contribution is 0.181. The van der Waals surface area contributed by atoms with E-state index in [2.05, 4.69) is 24.8 Å². The monoisotopic (exact) mass is 276 g/mol. The first-order valence-corrected chi connectivity index (χ1v) is 7.21. The van der Waals surface area contributed by atoms with Gasteiger partial charge in [0.05, 0.1) is 18.2 Å². The molecule has 2 rings (SSSR count). The molecule has 0 saturated carbocycles. The van der Waals surface area contributed by atoms with Crippen molar-refractivity contribution in [3.8, 4) is 0 Å². The SMILES string of the molecule is CCN(c1nc2c(cc1C(=N)N)CCC2)C(C)COC. The number of nitrogens with one attached hydrogen (secondary N) is 1. The Kier molecular flexibility index (Phi) is 4.60. The molecule has 1 aromatic rings. The number of likely N-dealkylation sites (N-methyl/N-ethyl adjacent to an activating group) is 1. The summed E-state index contributed by atoms with van der Waals surface area (Å²) < 4.78 is 5.25. The maximum Gasteiger partial charge on any atom is 0.140 e. The Morgan fingerprint density at radius 3 is 2.90 bits per heavy atom. The average molecular weight is 276 g/mol. The van der Waals surface area contributed by atoms with Crippen molar-refractivity contribution in [1.29, 1.82) is 5.41 Å². The molecule has 3 N–H and O–H groups in total. The Labute approximate surface area is 120 Å². The lowest BCUT2D eigenvalue weighted by Crippen LogP contribution is -2.38. The predicted octanol–water partition coefficient (Wildman–Crippen LogP) is 1.72. The van der Waals surface area contributed by atoms with Gasteiger partial charge in [0.2, 0.25) is 0 Å². The van der Waals surface area contributed by atoms with Crippen molar-refractivity contribution < 1.29 is 4.74 Å². The summed E-state index contributed by atoms with van der Waals surface area (Å²) >= 11 is 0. The topological polar surface area (TPSA) is 75.2 Å². The fourth-order valence-corrected chi connectivity index (χ4v) is 2.88. The van der Waals surface area contributed by atoms with Crippen LogP contribution in [0.5, 0.6) is 0 Å². The number of methoxy groups -OCH3 is 1. The van der Waals surface area contributed by atoms with E-state index in [9.17, 15) is 0 Å². The van der Waals surface area contributed by atoms with E-state index in [1.54, 1.807) is 7.11 Å². The molecule has 0 aliphatic heterocycles. The van der Waals surface area contributed by atoms with Gasteiger partial charge < -0.3 is 15.4 Å². The maximum atomic E-state index is 7.83. The zero-order valence-electron chi connectivity index (χ0n) is 12.6. The van der Waals surface area contributed by atoms with Gasteiger partial charge in [0.25, 0.3) is 0 Å². The zero-order chi connectivity index (χ0) is 14.7. The first-order valence-electron chi connectivity index (χ1n) is 7.21. The summed E-state index contributed by atoms with van der Waals surface area (Å²) in [4.78, 5) is 6.96. The number of aromatic nitrogens is 1. The largest absolute Gasteiger partial charge is 0.384 e. The minimum Gasteiger partial charge on any atom is -0.384 e. The summed E-state index contributed by atoms with van der Waals surface area (Å²) in [6.45, 7) is 5.64. The van der Waals surface area contributed by atoms with Gasteiger partial charge in [-0.15, -0.1) is 0 Å². The maximum absolute atomic E-state index is 7.83. The van der Waals surface area contributed by atoms with Crippen molar-refractivity contribution in [2.75, 3.05) is 25.2 Å². The van der Waals surface area contributed by atoms with E-state index < -0.39 is 0 Å². The van der Waals surface area contributed by atoms with E-state index in [1.807, 2.05) is 0 Å². The number of nitrogen functional groups attached to an aromatic ring is 1. The number of hydrogen-bond acceptors (Lipinski definition) is 4. The summed E-state index contributed by atoms with van der Waals surface area (Å²) in [5.41, 5.74) is 8.91. The van der Waals surface area contributed by atoms with Crippen LogP contribution in [0.15, 0.2) is 6.07 Å². The van der Waals surface area contributed by atoms with E-state index in [-0.39, 0.29) is 11.9 Å². The first kappa shape index (κ1) is 14.8. The molecule has 0 saturated heterocycles. The molecule has 1 heterocycles. The number of ether oxygens (including phenoxy) is 1. The molecular weight excluding hydrogens is 252 g/mol. The fourth-order valence-electron chi connectivity index (χ4n) is 2.88. The van der Waals surface area contributed by atoms with Crippen LogP contribution >= 0.6 is 0 Å². The number of nitrogens with zero attached hydrogens (tertiary/aromatic N) is 2. The van der Waals surface area contributed by atoms with Crippen molar-refractivity contribution in [3.05, 3.63) is 22.9 Å². The van der Waals surface area contributed by atoms with Crippen molar-refractivity contribution in [3.63, 3.8) is 0 Å². The predicted molar refractivity (Wildman–Crippen MR) is 81.6 cm³/mol. The molecule has 1 atom stereocenters. The molecule has 5 heteroatoms. The van der Waals surface area contributed by atoms with Crippen LogP contribution in [-0.4, -0.2) is 37.1 Å². The number of rotatable bonds is 6. The summed E-state index contributed by atoms with van der Waals surface area (Å²) in [7, 11) is 1.70. The Morgan fingerprint density at radius 1 is 1.55 bits per heavy atom. The smallest absolute Gasteiger partial charge is 0.140 e. The van der Waals surface area contributed by atoms with Crippen LogP contribution in [0.2, 0.25) is 0 Å². The molecule has 1 aliphatic rings. The van der Waals surface area contributed by atoms with Crippen molar-refractivity contribution in [2.45, 2.75) is 39.2 Å². The number of amidine groups is 1. The van der Waals surface area contributed by atoms with Gasteiger partial charge in [0, 0.05) is 19.3 Å². The van der Waals surface area contributed by atoms with Gasteiger partial charge in [-0.05, 0) is 44.7 Å². The summed E-state index contributed by atoms with van der Waals surface area (Å²) in [5.74, 6) is 0.912. The zero-order valence-corrected chi connectivity index (χ0v) is 12.6. The third kappa shape index (κ3) is 2.77. The van der Waals surface area contributed by atoms with Gasteiger partial charge >= 0.3 is 0 Å². The molecule has 0 radical (unpaired) electrons. The van der Waals surface area contributed by atoms with Gasteiger partial charge in [-0.2, -0.15) is 0 Å². The van der Waals surface area contributed by atoms with Crippen LogP contribution in [0.3, 0.4) is 0 Å². The second-order valence-corrected chi connectivity index (χ2v) is 5.32. The highest BCUT2D eigenvalue weighted by atomic mass is 16.5. The molecule has 110 valence electrons. The number of anilines is 1. The number of nitrogens with two attached hydrogens (primary N) is 1. The lowest BCUT2D eigenvalue weighted by atomic mass is 10.1.